The molecule has 1 amide bonds. The van der Waals surface area contributed by atoms with E-state index in [9.17, 15) is 4.79 Å². The zero-order chi connectivity index (χ0) is 22.4. The van der Waals surface area contributed by atoms with E-state index in [1.54, 1.807) is 12.3 Å². The molecule has 3 aromatic rings. The molecule has 1 saturated carbocycles. The molecule has 3 N–H and O–H groups in total. The number of anilines is 2. The SMILES string of the molecule is Cl.NC1CCN(c2c3c(nc4ccc(-c5nccc(NC(=O)C6CC6)n5)cc24)CCCCC3)C1. The second-order valence-corrected chi connectivity index (χ2v) is 9.70. The van der Waals surface area contributed by atoms with E-state index in [2.05, 4.69) is 32.3 Å². The second-order valence-electron chi connectivity index (χ2n) is 9.70. The maximum Gasteiger partial charge on any atom is 0.228 e. The van der Waals surface area contributed by atoms with Crippen LogP contribution in [0.5, 0.6) is 0 Å². The third-order valence-electron chi connectivity index (χ3n) is 7.14. The maximum absolute atomic E-state index is 12.2. The Labute approximate surface area is 206 Å². The Kier molecular flexibility index (Phi) is 6.40. The van der Waals surface area contributed by atoms with E-state index in [0.29, 0.717) is 11.6 Å². The highest BCUT2D eigenvalue weighted by Gasteiger charge is 2.30. The minimum Gasteiger partial charge on any atom is -0.369 e. The Balaban J connectivity index is 0.00000241. The Morgan fingerprint density at radius 1 is 1.06 bits per heavy atom. The molecular formula is C26H31ClN6O. The zero-order valence-electron chi connectivity index (χ0n) is 19.3. The van der Waals surface area contributed by atoms with Gasteiger partial charge in [0.15, 0.2) is 5.82 Å². The number of carbonyl (C=O) groups excluding carboxylic acids is 1. The number of fused-ring (bicyclic) bond motifs is 2. The summed E-state index contributed by atoms with van der Waals surface area (Å²) in [7, 11) is 0. The first-order valence-electron chi connectivity index (χ1n) is 12.3. The van der Waals surface area contributed by atoms with Crippen molar-refractivity contribution in [3.8, 4) is 11.4 Å². The van der Waals surface area contributed by atoms with E-state index >= 15 is 0 Å². The molecule has 0 bridgehead atoms. The van der Waals surface area contributed by atoms with Crippen molar-refractivity contribution in [3.63, 3.8) is 0 Å². The highest BCUT2D eigenvalue weighted by molar-refractivity contribution is 5.97. The van der Waals surface area contributed by atoms with Crippen LogP contribution < -0.4 is 16.0 Å². The minimum atomic E-state index is 0. The number of nitrogens with zero attached hydrogens (tertiary/aromatic N) is 4. The van der Waals surface area contributed by atoms with Crippen LogP contribution in [0, 0.1) is 5.92 Å². The predicted octanol–water partition coefficient (Wildman–Crippen LogP) is 4.27. The molecule has 3 heterocycles. The summed E-state index contributed by atoms with van der Waals surface area (Å²) in [5.41, 5.74) is 12.2. The summed E-state index contributed by atoms with van der Waals surface area (Å²) in [6.45, 7) is 1.87. The molecule has 8 heteroatoms. The number of pyridine rings is 1. The minimum absolute atomic E-state index is 0. The van der Waals surface area contributed by atoms with Crippen LogP contribution in [0.2, 0.25) is 0 Å². The fourth-order valence-corrected chi connectivity index (χ4v) is 5.21. The highest BCUT2D eigenvalue weighted by Crippen LogP contribution is 2.38. The summed E-state index contributed by atoms with van der Waals surface area (Å²) in [6, 6.07) is 8.28. The molecule has 1 atom stereocenters. The van der Waals surface area contributed by atoms with E-state index in [4.69, 9.17) is 10.7 Å². The first kappa shape index (κ1) is 23.0. The summed E-state index contributed by atoms with van der Waals surface area (Å²) < 4.78 is 0. The third kappa shape index (κ3) is 4.46. The first-order valence-corrected chi connectivity index (χ1v) is 12.3. The van der Waals surface area contributed by atoms with E-state index < -0.39 is 0 Å². The van der Waals surface area contributed by atoms with Crippen molar-refractivity contribution >= 4 is 40.7 Å². The largest absolute Gasteiger partial charge is 0.369 e. The molecule has 1 aromatic carbocycles. The fourth-order valence-electron chi connectivity index (χ4n) is 5.21. The molecule has 1 aliphatic heterocycles. The number of aromatic nitrogens is 3. The van der Waals surface area contributed by atoms with Crippen molar-refractivity contribution in [2.45, 2.75) is 57.4 Å². The van der Waals surface area contributed by atoms with Crippen molar-refractivity contribution in [2.75, 3.05) is 23.3 Å². The summed E-state index contributed by atoms with van der Waals surface area (Å²) in [5, 5.41) is 4.09. The number of aryl methyl sites for hydroxylation is 1. The van der Waals surface area contributed by atoms with Gasteiger partial charge in [0.05, 0.1) is 11.2 Å². The summed E-state index contributed by atoms with van der Waals surface area (Å²) in [6.07, 6.45) is 10.4. The number of rotatable bonds is 4. The van der Waals surface area contributed by atoms with Crippen LogP contribution in [0.4, 0.5) is 11.5 Å². The average Bonchev–Trinajstić information content (AvgIpc) is 3.62. The monoisotopic (exact) mass is 478 g/mol. The van der Waals surface area contributed by atoms with Crippen molar-refractivity contribution in [1.29, 1.82) is 0 Å². The standard InChI is InChI=1S/C26H30N6O.ClH/c27-18-11-13-32(15-18)24-19-4-2-1-3-5-21(19)29-22-9-8-17(14-20(22)24)25-28-12-10-23(30-25)31-26(33)16-6-7-16;/h8-10,12,14,16,18H,1-7,11,13,15,27H2,(H,28,30,31,33);1H. The number of nitrogens with two attached hydrogens (primary N) is 1. The summed E-state index contributed by atoms with van der Waals surface area (Å²) >= 11 is 0. The molecule has 1 unspecified atom stereocenters. The number of hydrogen-bond acceptors (Lipinski definition) is 6. The summed E-state index contributed by atoms with van der Waals surface area (Å²) in [4.78, 5) is 28.9. The lowest BCUT2D eigenvalue weighted by Gasteiger charge is -2.25. The highest BCUT2D eigenvalue weighted by atomic mass is 35.5. The van der Waals surface area contributed by atoms with Crippen LogP contribution in [0.1, 0.15) is 49.8 Å². The molecule has 34 heavy (non-hydrogen) atoms. The van der Waals surface area contributed by atoms with Crippen LogP contribution >= 0.6 is 12.4 Å². The van der Waals surface area contributed by atoms with Gasteiger partial charge in [-0.3, -0.25) is 9.78 Å². The average molecular weight is 479 g/mol. The summed E-state index contributed by atoms with van der Waals surface area (Å²) in [5.74, 6) is 1.37. The Bertz CT molecular complexity index is 1230. The van der Waals surface area contributed by atoms with Crippen LogP contribution in [-0.2, 0) is 17.6 Å². The Morgan fingerprint density at radius 3 is 2.71 bits per heavy atom. The molecule has 2 aliphatic carbocycles. The molecule has 0 radical (unpaired) electrons. The van der Waals surface area contributed by atoms with E-state index in [1.807, 2.05) is 6.07 Å². The van der Waals surface area contributed by atoms with Gasteiger partial charge in [-0.25, -0.2) is 9.97 Å². The van der Waals surface area contributed by atoms with Crippen LogP contribution in [0.25, 0.3) is 22.3 Å². The number of nitrogens with one attached hydrogen (secondary N) is 1. The normalized spacial score (nSPS) is 19.9. The first-order chi connectivity index (χ1) is 16.2. The van der Waals surface area contributed by atoms with Crippen LogP contribution in [0.15, 0.2) is 30.5 Å². The number of hydrogen-bond donors (Lipinski definition) is 2. The van der Waals surface area contributed by atoms with E-state index in [-0.39, 0.29) is 30.3 Å². The van der Waals surface area contributed by atoms with Gasteiger partial charge in [0.1, 0.15) is 5.82 Å². The molecule has 2 fully saturated rings. The van der Waals surface area contributed by atoms with Gasteiger partial charge in [0.2, 0.25) is 5.91 Å². The van der Waals surface area contributed by atoms with Crippen LogP contribution in [-0.4, -0.2) is 40.0 Å². The maximum atomic E-state index is 12.2. The van der Waals surface area contributed by atoms with E-state index in [1.165, 1.54) is 36.2 Å². The number of benzene rings is 1. The van der Waals surface area contributed by atoms with Gasteiger partial charge < -0.3 is 16.0 Å². The third-order valence-corrected chi connectivity index (χ3v) is 7.14. The zero-order valence-corrected chi connectivity index (χ0v) is 20.1. The Hall–Kier alpha value is -2.77. The molecule has 6 rings (SSSR count). The van der Waals surface area contributed by atoms with Crippen molar-refractivity contribution in [2.24, 2.45) is 11.7 Å². The van der Waals surface area contributed by atoms with Crippen LogP contribution in [0.3, 0.4) is 0 Å². The van der Waals surface area contributed by atoms with Gasteiger partial charge in [-0.05, 0) is 74.8 Å². The predicted molar refractivity (Wildman–Crippen MR) is 137 cm³/mol. The molecule has 178 valence electrons. The topological polar surface area (TPSA) is 97.0 Å². The quantitative estimate of drug-likeness (QED) is 0.543. The number of halogens is 1. The van der Waals surface area contributed by atoms with Crippen molar-refractivity contribution < 1.29 is 4.79 Å². The van der Waals surface area contributed by atoms with Crippen molar-refractivity contribution in [3.05, 3.63) is 41.7 Å². The van der Waals surface area contributed by atoms with Gasteiger partial charge in [0, 0.05) is 47.9 Å². The second kappa shape index (κ2) is 9.47. The number of amides is 1. The van der Waals surface area contributed by atoms with Gasteiger partial charge in [-0.2, -0.15) is 0 Å². The molecule has 7 nitrogen and oxygen atoms in total. The molecule has 0 spiro atoms. The van der Waals surface area contributed by atoms with Gasteiger partial charge >= 0.3 is 0 Å². The lowest BCUT2D eigenvalue weighted by Crippen LogP contribution is -2.27. The fraction of sp³-hybridized carbons (Fsp3) is 0.462. The lowest BCUT2D eigenvalue weighted by atomic mass is 9.99. The molecular weight excluding hydrogens is 448 g/mol. The van der Waals surface area contributed by atoms with E-state index in [0.717, 1.165) is 61.7 Å². The van der Waals surface area contributed by atoms with Gasteiger partial charge in [-0.15, -0.1) is 12.4 Å². The van der Waals surface area contributed by atoms with Gasteiger partial charge in [0.25, 0.3) is 0 Å². The molecule has 3 aliphatic rings. The smallest absolute Gasteiger partial charge is 0.228 e. The van der Waals surface area contributed by atoms with Crippen molar-refractivity contribution in [1.82, 2.24) is 15.0 Å². The molecule has 2 aromatic heterocycles. The molecule has 1 saturated heterocycles. The lowest BCUT2D eigenvalue weighted by molar-refractivity contribution is -0.117. The van der Waals surface area contributed by atoms with Gasteiger partial charge in [-0.1, -0.05) is 6.42 Å². The Morgan fingerprint density at radius 2 is 1.91 bits per heavy atom. The number of carbonyl (C=O) groups is 1.